The van der Waals surface area contributed by atoms with Crippen molar-refractivity contribution in [2.75, 3.05) is 5.73 Å². The van der Waals surface area contributed by atoms with Gasteiger partial charge in [0.15, 0.2) is 0 Å². The summed E-state index contributed by atoms with van der Waals surface area (Å²) in [6, 6.07) is 7.27. The molecule has 170 valence electrons. The van der Waals surface area contributed by atoms with Crippen LogP contribution in [-0.2, 0) is 12.7 Å². The monoisotopic (exact) mass is 457 g/mol. The molecule has 2 N–H and O–H groups in total. The Morgan fingerprint density at radius 1 is 1.15 bits per heavy atom. The Balaban J connectivity index is 1.50. The van der Waals surface area contributed by atoms with Crippen molar-refractivity contribution in [1.29, 1.82) is 0 Å². The number of aromatic nitrogens is 3. The predicted octanol–water partition coefficient (Wildman–Crippen LogP) is 4.82. The van der Waals surface area contributed by atoms with E-state index >= 15 is 0 Å². The van der Waals surface area contributed by atoms with Gasteiger partial charge in [-0.2, -0.15) is 13.2 Å². The zero-order valence-electron chi connectivity index (χ0n) is 17.3. The second-order valence-electron chi connectivity index (χ2n) is 8.17. The van der Waals surface area contributed by atoms with Crippen LogP contribution in [0.2, 0.25) is 0 Å². The first-order chi connectivity index (χ1) is 15.7. The third-order valence-electron chi connectivity index (χ3n) is 6.12. The van der Waals surface area contributed by atoms with E-state index in [1.165, 1.54) is 4.90 Å². The van der Waals surface area contributed by atoms with Gasteiger partial charge in [0.2, 0.25) is 0 Å². The number of hydrogen-bond donors (Lipinski definition) is 1. The number of hydrogen-bond acceptors (Lipinski definition) is 4. The smallest absolute Gasteiger partial charge is 0.382 e. The second-order valence-corrected chi connectivity index (χ2v) is 8.17. The zero-order chi connectivity index (χ0) is 23.3. The third-order valence-corrected chi connectivity index (χ3v) is 6.12. The van der Waals surface area contributed by atoms with Crippen molar-refractivity contribution in [2.45, 2.75) is 38.0 Å². The van der Waals surface area contributed by atoms with E-state index in [4.69, 9.17) is 5.73 Å². The van der Waals surface area contributed by atoms with E-state index < -0.39 is 17.6 Å². The minimum absolute atomic E-state index is 0.0375. The van der Waals surface area contributed by atoms with E-state index in [0.29, 0.717) is 34.0 Å². The van der Waals surface area contributed by atoms with Gasteiger partial charge >= 0.3 is 6.18 Å². The Morgan fingerprint density at radius 2 is 1.94 bits per heavy atom. The number of nitrogens with two attached hydrogens (primary N) is 1. The van der Waals surface area contributed by atoms with E-state index in [1.807, 2.05) is 0 Å². The number of nitrogens with zero attached hydrogens (tertiary/aromatic N) is 4. The van der Waals surface area contributed by atoms with Crippen LogP contribution in [0, 0.1) is 5.82 Å². The minimum atomic E-state index is -4.63. The summed E-state index contributed by atoms with van der Waals surface area (Å²) in [5, 5.41) is 0. The van der Waals surface area contributed by atoms with E-state index in [1.54, 1.807) is 35.1 Å². The van der Waals surface area contributed by atoms with Gasteiger partial charge in [-0.1, -0.05) is 6.07 Å². The Hall–Kier alpha value is -3.69. The standard InChI is InChI=1S/C23H19F4N5O/c24-17-9-15(23(25,26)27)6-4-14(17)11-31(16-2-1-3-16)22(33)13-5-7-18-19(8-13)32-12-29-10-20(32)21(28)30-18/h4-10,12,16H,1-3,11H2,(H2,28,30). The lowest BCUT2D eigenvalue weighted by atomic mass is 9.90. The largest absolute Gasteiger partial charge is 0.416 e. The highest BCUT2D eigenvalue weighted by Crippen LogP contribution is 2.32. The summed E-state index contributed by atoms with van der Waals surface area (Å²) in [4.78, 5) is 23.4. The van der Waals surface area contributed by atoms with Crippen LogP contribution in [0.15, 0.2) is 48.9 Å². The van der Waals surface area contributed by atoms with Crippen molar-refractivity contribution in [3.05, 3.63) is 71.4 Å². The van der Waals surface area contributed by atoms with Gasteiger partial charge in [0, 0.05) is 23.7 Å². The molecule has 1 fully saturated rings. The van der Waals surface area contributed by atoms with E-state index in [0.717, 1.165) is 31.4 Å². The minimum Gasteiger partial charge on any atom is -0.382 e. The average molecular weight is 457 g/mol. The first-order valence-corrected chi connectivity index (χ1v) is 10.4. The highest BCUT2D eigenvalue weighted by atomic mass is 19.4. The van der Waals surface area contributed by atoms with Crippen LogP contribution in [0.4, 0.5) is 23.4 Å². The number of carbonyl (C=O) groups is 1. The number of halogens is 4. The summed E-state index contributed by atoms with van der Waals surface area (Å²) in [5.74, 6) is -1.00. The molecule has 2 aromatic carbocycles. The van der Waals surface area contributed by atoms with Gasteiger partial charge in [0.25, 0.3) is 5.91 Å². The molecule has 0 bridgehead atoms. The lowest BCUT2D eigenvalue weighted by Crippen LogP contribution is -2.43. The predicted molar refractivity (Wildman–Crippen MR) is 114 cm³/mol. The lowest BCUT2D eigenvalue weighted by molar-refractivity contribution is -0.137. The fourth-order valence-corrected chi connectivity index (χ4v) is 4.07. The van der Waals surface area contributed by atoms with Gasteiger partial charge in [-0.15, -0.1) is 0 Å². The van der Waals surface area contributed by atoms with Crippen molar-refractivity contribution in [1.82, 2.24) is 19.3 Å². The molecule has 2 heterocycles. The molecule has 6 nitrogen and oxygen atoms in total. The van der Waals surface area contributed by atoms with Crippen molar-refractivity contribution < 1.29 is 22.4 Å². The fraction of sp³-hybridized carbons (Fsp3) is 0.261. The molecule has 1 aliphatic rings. The Bertz CT molecular complexity index is 1380. The number of imidazole rings is 1. The molecule has 1 aliphatic carbocycles. The van der Waals surface area contributed by atoms with Crippen LogP contribution in [0.1, 0.15) is 40.7 Å². The van der Waals surface area contributed by atoms with Gasteiger partial charge in [-0.25, -0.2) is 14.4 Å². The summed E-state index contributed by atoms with van der Waals surface area (Å²) in [7, 11) is 0. The molecule has 0 spiro atoms. The maximum absolute atomic E-state index is 14.5. The number of benzene rings is 2. The molecule has 1 saturated carbocycles. The van der Waals surface area contributed by atoms with Gasteiger partial charge in [-0.3, -0.25) is 9.20 Å². The van der Waals surface area contributed by atoms with Crippen LogP contribution in [-0.4, -0.2) is 31.2 Å². The third kappa shape index (κ3) is 3.75. The molecule has 10 heteroatoms. The summed E-state index contributed by atoms with van der Waals surface area (Å²) in [6.07, 6.45) is 0.955. The quantitative estimate of drug-likeness (QED) is 0.446. The number of anilines is 1. The van der Waals surface area contributed by atoms with Crippen molar-refractivity contribution in [3.8, 4) is 0 Å². The number of alkyl halides is 3. The normalized spacial score (nSPS) is 14.5. The molecule has 0 unspecified atom stereocenters. The average Bonchev–Trinajstić information content (AvgIpc) is 3.23. The zero-order valence-corrected chi connectivity index (χ0v) is 17.3. The van der Waals surface area contributed by atoms with Crippen molar-refractivity contribution in [3.63, 3.8) is 0 Å². The van der Waals surface area contributed by atoms with Gasteiger partial charge in [0.05, 0.1) is 29.1 Å². The molecule has 33 heavy (non-hydrogen) atoms. The summed E-state index contributed by atoms with van der Waals surface area (Å²) >= 11 is 0. The fourth-order valence-electron chi connectivity index (χ4n) is 4.07. The number of rotatable bonds is 4. The number of fused-ring (bicyclic) bond motifs is 3. The molecule has 0 atom stereocenters. The topological polar surface area (TPSA) is 76.5 Å². The highest BCUT2D eigenvalue weighted by molar-refractivity contribution is 5.98. The SMILES string of the molecule is Nc1nc2ccc(C(=O)N(Cc3ccc(C(F)(F)F)cc3F)C3CCC3)cc2n2cncc12. The van der Waals surface area contributed by atoms with Crippen LogP contribution in [0.25, 0.3) is 16.6 Å². The van der Waals surface area contributed by atoms with Gasteiger partial charge in [0.1, 0.15) is 17.2 Å². The Kier molecular flexibility index (Phi) is 4.95. The first kappa shape index (κ1) is 21.2. The van der Waals surface area contributed by atoms with Crippen LogP contribution >= 0.6 is 0 Å². The summed E-state index contributed by atoms with van der Waals surface area (Å²) in [5.41, 5.74) is 7.13. The van der Waals surface area contributed by atoms with Crippen molar-refractivity contribution in [2.24, 2.45) is 0 Å². The van der Waals surface area contributed by atoms with Gasteiger partial charge < -0.3 is 10.6 Å². The number of amides is 1. The van der Waals surface area contributed by atoms with E-state index in [2.05, 4.69) is 9.97 Å². The van der Waals surface area contributed by atoms with E-state index in [-0.39, 0.29) is 24.1 Å². The Morgan fingerprint density at radius 3 is 2.61 bits per heavy atom. The molecule has 1 amide bonds. The van der Waals surface area contributed by atoms with Crippen LogP contribution in [0.3, 0.4) is 0 Å². The van der Waals surface area contributed by atoms with E-state index in [9.17, 15) is 22.4 Å². The molecule has 5 rings (SSSR count). The molecule has 0 radical (unpaired) electrons. The first-order valence-electron chi connectivity index (χ1n) is 10.4. The molecular formula is C23H19F4N5O. The number of carbonyl (C=O) groups excluding carboxylic acids is 1. The Labute approximate surface area is 185 Å². The number of nitrogen functional groups attached to an aromatic ring is 1. The lowest BCUT2D eigenvalue weighted by Gasteiger charge is -2.38. The molecule has 0 saturated heterocycles. The molecule has 2 aromatic heterocycles. The van der Waals surface area contributed by atoms with Crippen LogP contribution < -0.4 is 5.73 Å². The molecule has 4 aromatic rings. The second kappa shape index (κ2) is 7.72. The molecule has 0 aliphatic heterocycles. The summed E-state index contributed by atoms with van der Waals surface area (Å²) in [6.45, 7) is -0.119. The highest BCUT2D eigenvalue weighted by Gasteiger charge is 2.33. The molecular weight excluding hydrogens is 438 g/mol. The van der Waals surface area contributed by atoms with Crippen molar-refractivity contribution >= 4 is 28.3 Å². The van der Waals surface area contributed by atoms with Gasteiger partial charge in [-0.05, 0) is 49.6 Å². The maximum Gasteiger partial charge on any atom is 0.416 e. The maximum atomic E-state index is 14.5. The van der Waals surface area contributed by atoms with Crippen LogP contribution in [0.5, 0.6) is 0 Å². The summed E-state index contributed by atoms with van der Waals surface area (Å²) < 4.78 is 54.9.